The first-order chi connectivity index (χ1) is 9.15. The molecule has 0 amide bonds. The molecule has 2 atom stereocenters. The highest BCUT2D eigenvalue weighted by Gasteiger charge is 2.27. The van der Waals surface area contributed by atoms with Gasteiger partial charge in [-0.3, -0.25) is 0 Å². The van der Waals surface area contributed by atoms with Crippen LogP contribution in [0.2, 0.25) is 0 Å². The number of nitrogens with one attached hydrogen (secondary N) is 1. The van der Waals surface area contributed by atoms with Crippen molar-refractivity contribution < 1.29 is 4.39 Å². The van der Waals surface area contributed by atoms with Gasteiger partial charge in [-0.25, -0.2) is 4.39 Å². The normalized spacial score (nSPS) is 23.7. The van der Waals surface area contributed by atoms with Gasteiger partial charge in [-0.05, 0) is 47.0 Å². The Morgan fingerprint density at radius 1 is 1.42 bits per heavy atom. The predicted molar refractivity (Wildman–Crippen MR) is 82.2 cm³/mol. The fourth-order valence-electron chi connectivity index (χ4n) is 2.78. The minimum atomic E-state index is -0.191. The number of halogens is 2. The van der Waals surface area contributed by atoms with Gasteiger partial charge in [-0.15, -0.1) is 0 Å². The summed E-state index contributed by atoms with van der Waals surface area (Å²) >= 11 is 3.50. The quantitative estimate of drug-likeness (QED) is 0.900. The Hall–Kier alpha value is -0.610. The molecule has 0 radical (unpaired) electrons. The largest absolute Gasteiger partial charge is 0.365 e. The van der Waals surface area contributed by atoms with Crippen LogP contribution in [0.1, 0.15) is 33.1 Å². The highest BCUT2D eigenvalue weighted by Crippen LogP contribution is 2.30. The van der Waals surface area contributed by atoms with Gasteiger partial charge in [0.05, 0.1) is 5.69 Å². The maximum Gasteiger partial charge on any atom is 0.124 e. The minimum Gasteiger partial charge on any atom is -0.365 e. The molecule has 0 spiro atoms. The number of piperazine rings is 1. The maximum atomic E-state index is 13.2. The number of nitrogens with zero attached hydrogens (tertiary/aromatic N) is 1. The van der Waals surface area contributed by atoms with Crippen LogP contribution in [0.3, 0.4) is 0 Å². The van der Waals surface area contributed by atoms with E-state index in [0.717, 1.165) is 29.7 Å². The lowest BCUT2D eigenvalue weighted by molar-refractivity contribution is 0.369. The number of anilines is 1. The molecule has 2 rings (SSSR count). The van der Waals surface area contributed by atoms with E-state index in [0.29, 0.717) is 12.1 Å². The van der Waals surface area contributed by atoms with Crippen molar-refractivity contribution in [2.75, 3.05) is 18.0 Å². The van der Waals surface area contributed by atoms with Crippen molar-refractivity contribution in [1.29, 1.82) is 0 Å². The Balaban J connectivity index is 2.22. The molecule has 1 heterocycles. The molecule has 1 saturated heterocycles. The van der Waals surface area contributed by atoms with Crippen LogP contribution in [0.15, 0.2) is 22.7 Å². The van der Waals surface area contributed by atoms with Crippen LogP contribution >= 0.6 is 15.9 Å². The van der Waals surface area contributed by atoms with E-state index >= 15 is 0 Å². The average molecular weight is 329 g/mol. The zero-order valence-corrected chi connectivity index (χ0v) is 13.2. The van der Waals surface area contributed by atoms with Crippen LogP contribution < -0.4 is 10.2 Å². The van der Waals surface area contributed by atoms with Gasteiger partial charge in [0.2, 0.25) is 0 Å². The molecule has 0 bridgehead atoms. The summed E-state index contributed by atoms with van der Waals surface area (Å²) in [5, 5.41) is 3.62. The van der Waals surface area contributed by atoms with Crippen molar-refractivity contribution in [1.82, 2.24) is 5.32 Å². The molecule has 1 aliphatic rings. The van der Waals surface area contributed by atoms with Crippen molar-refractivity contribution in [3.8, 4) is 0 Å². The third-order valence-corrected chi connectivity index (χ3v) is 4.46. The number of hydrogen-bond donors (Lipinski definition) is 1. The molecule has 2 unspecified atom stereocenters. The van der Waals surface area contributed by atoms with Crippen LogP contribution in [0, 0.1) is 5.82 Å². The minimum absolute atomic E-state index is 0.191. The standard InChI is InChI=1S/C15H22BrFN2/c1-3-5-12-10-19(13(4-2)9-18-12)15-7-6-11(17)8-14(15)16/h6-8,12-13,18H,3-5,9-10H2,1-2H3. The van der Waals surface area contributed by atoms with Gasteiger partial charge in [-0.1, -0.05) is 20.3 Å². The van der Waals surface area contributed by atoms with E-state index in [-0.39, 0.29) is 5.82 Å². The van der Waals surface area contributed by atoms with E-state index in [9.17, 15) is 4.39 Å². The Morgan fingerprint density at radius 3 is 2.84 bits per heavy atom. The Kier molecular flexibility index (Phi) is 5.22. The predicted octanol–water partition coefficient (Wildman–Crippen LogP) is 3.95. The molecule has 4 heteroatoms. The molecular weight excluding hydrogens is 307 g/mol. The summed E-state index contributed by atoms with van der Waals surface area (Å²) in [6.45, 7) is 6.42. The summed E-state index contributed by atoms with van der Waals surface area (Å²) in [6.07, 6.45) is 3.47. The Morgan fingerprint density at radius 2 is 2.21 bits per heavy atom. The van der Waals surface area contributed by atoms with E-state index in [1.807, 2.05) is 6.07 Å². The molecule has 19 heavy (non-hydrogen) atoms. The Bertz CT molecular complexity index is 425. The molecule has 106 valence electrons. The van der Waals surface area contributed by atoms with E-state index in [4.69, 9.17) is 0 Å². The lowest BCUT2D eigenvalue weighted by atomic mass is 10.0. The molecular formula is C15H22BrFN2. The SMILES string of the molecule is CCCC1CN(c2ccc(F)cc2Br)C(CC)CN1. The first-order valence-corrected chi connectivity index (χ1v) is 7.90. The van der Waals surface area contributed by atoms with Crippen molar-refractivity contribution in [3.05, 3.63) is 28.5 Å². The lowest BCUT2D eigenvalue weighted by Gasteiger charge is -2.42. The van der Waals surface area contributed by atoms with Crippen molar-refractivity contribution in [2.45, 2.75) is 45.2 Å². The fourth-order valence-corrected chi connectivity index (χ4v) is 3.36. The van der Waals surface area contributed by atoms with Crippen LogP contribution in [0.4, 0.5) is 10.1 Å². The molecule has 1 aromatic carbocycles. The highest BCUT2D eigenvalue weighted by molar-refractivity contribution is 9.10. The molecule has 1 aliphatic heterocycles. The zero-order valence-electron chi connectivity index (χ0n) is 11.6. The summed E-state index contributed by atoms with van der Waals surface area (Å²) in [5.74, 6) is -0.191. The zero-order chi connectivity index (χ0) is 13.8. The van der Waals surface area contributed by atoms with Crippen molar-refractivity contribution in [3.63, 3.8) is 0 Å². The summed E-state index contributed by atoms with van der Waals surface area (Å²) in [7, 11) is 0. The average Bonchev–Trinajstić information content (AvgIpc) is 2.39. The van der Waals surface area contributed by atoms with Crippen molar-refractivity contribution in [2.24, 2.45) is 0 Å². The van der Waals surface area contributed by atoms with Gasteiger partial charge in [-0.2, -0.15) is 0 Å². The topological polar surface area (TPSA) is 15.3 Å². The van der Waals surface area contributed by atoms with Gasteiger partial charge in [0, 0.05) is 29.6 Å². The maximum absolute atomic E-state index is 13.2. The number of rotatable bonds is 4. The molecule has 0 saturated carbocycles. The van der Waals surface area contributed by atoms with Crippen LogP contribution in [-0.2, 0) is 0 Å². The van der Waals surface area contributed by atoms with E-state index in [1.165, 1.54) is 12.8 Å². The first-order valence-electron chi connectivity index (χ1n) is 7.10. The molecule has 1 aromatic rings. The molecule has 0 aliphatic carbocycles. The summed E-state index contributed by atoms with van der Waals surface area (Å²) in [5.41, 5.74) is 1.11. The van der Waals surface area contributed by atoms with E-state index in [1.54, 1.807) is 12.1 Å². The van der Waals surface area contributed by atoms with Crippen LogP contribution in [-0.4, -0.2) is 25.2 Å². The van der Waals surface area contributed by atoms with Crippen molar-refractivity contribution >= 4 is 21.6 Å². The summed E-state index contributed by atoms with van der Waals surface area (Å²) < 4.78 is 14.1. The van der Waals surface area contributed by atoms with E-state index < -0.39 is 0 Å². The van der Waals surface area contributed by atoms with Gasteiger partial charge in [0.25, 0.3) is 0 Å². The lowest BCUT2D eigenvalue weighted by Crippen LogP contribution is -2.56. The molecule has 2 nitrogen and oxygen atoms in total. The third kappa shape index (κ3) is 3.48. The second-order valence-electron chi connectivity index (χ2n) is 5.20. The fraction of sp³-hybridized carbons (Fsp3) is 0.600. The van der Waals surface area contributed by atoms with Gasteiger partial charge in [0.1, 0.15) is 5.82 Å². The Labute approximate surface area is 123 Å². The second kappa shape index (κ2) is 6.71. The summed E-state index contributed by atoms with van der Waals surface area (Å²) in [6, 6.07) is 6.00. The molecule has 0 aromatic heterocycles. The van der Waals surface area contributed by atoms with Crippen LogP contribution in [0.25, 0.3) is 0 Å². The summed E-state index contributed by atoms with van der Waals surface area (Å²) in [4.78, 5) is 2.42. The second-order valence-corrected chi connectivity index (χ2v) is 6.06. The molecule has 1 fully saturated rings. The number of benzene rings is 1. The van der Waals surface area contributed by atoms with Gasteiger partial charge >= 0.3 is 0 Å². The highest BCUT2D eigenvalue weighted by atomic mass is 79.9. The van der Waals surface area contributed by atoms with Crippen LogP contribution in [0.5, 0.6) is 0 Å². The van der Waals surface area contributed by atoms with E-state index in [2.05, 4.69) is 40.0 Å². The smallest absolute Gasteiger partial charge is 0.124 e. The monoisotopic (exact) mass is 328 g/mol. The van der Waals surface area contributed by atoms with Gasteiger partial charge in [0.15, 0.2) is 0 Å². The number of hydrogen-bond acceptors (Lipinski definition) is 2. The third-order valence-electron chi connectivity index (χ3n) is 3.83. The first kappa shape index (κ1) is 14.8. The molecule has 1 N–H and O–H groups in total. The van der Waals surface area contributed by atoms with Gasteiger partial charge < -0.3 is 10.2 Å².